The summed E-state index contributed by atoms with van der Waals surface area (Å²) in [5.74, 6) is 0.173. The quantitative estimate of drug-likeness (QED) is 0.726. The first-order valence-electron chi connectivity index (χ1n) is 7.12. The van der Waals surface area contributed by atoms with Crippen LogP contribution in [0.25, 0.3) is 10.1 Å². The third-order valence-corrected chi connectivity index (χ3v) is 5.76. The maximum atomic E-state index is 13.4. The molecule has 3 rings (SSSR count). The Morgan fingerprint density at radius 2 is 1.78 bits per heavy atom. The van der Waals surface area contributed by atoms with Gasteiger partial charge in [0.1, 0.15) is 0 Å². The Balaban J connectivity index is 0.000000433. The van der Waals surface area contributed by atoms with Gasteiger partial charge in [-0.1, -0.05) is 19.4 Å². The predicted octanol–water partition coefficient (Wildman–Crippen LogP) is 2.33. The van der Waals surface area contributed by atoms with Crippen LogP contribution < -0.4 is 12.6 Å². The molecular formula is C15H16BrF3O3S. The molecule has 1 atom stereocenters. The molecule has 0 N–H and O–H groups in total. The zero-order valence-corrected chi connectivity index (χ0v) is 14.8. The van der Waals surface area contributed by atoms with Crippen LogP contribution in [-0.4, -0.2) is 0 Å². The normalized spacial score (nSPS) is 15.7. The fourth-order valence-electron chi connectivity index (χ4n) is 2.57. The van der Waals surface area contributed by atoms with Crippen molar-refractivity contribution < 1.29 is 40.6 Å². The molecule has 1 fully saturated rings. The molecule has 23 heavy (non-hydrogen) atoms. The molecule has 0 amide bonds. The number of fused-ring (bicyclic) bond motifs is 1. The Hall–Kier alpha value is -0.670. The van der Waals surface area contributed by atoms with Crippen molar-refractivity contribution in [3.8, 4) is 0 Å². The molecule has 0 saturated heterocycles. The minimum absolute atomic E-state index is 0.173. The molecule has 1 aromatic heterocycles. The molecule has 8 heteroatoms. The summed E-state index contributed by atoms with van der Waals surface area (Å²) in [6, 6.07) is 7.40. The number of benzene rings is 1. The van der Waals surface area contributed by atoms with Crippen LogP contribution in [0.5, 0.6) is 0 Å². The second-order valence-corrected chi connectivity index (χ2v) is 8.16. The first-order chi connectivity index (χ1) is 10.7. The molecule has 1 aliphatic carbocycles. The van der Waals surface area contributed by atoms with E-state index in [1.165, 1.54) is 0 Å². The van der Waals surface area contributed by atoms with Crippen molar-refractivity contribution in [1.29, 1.82) is 0 Å². The van der Waals surface area contributed by atoms with Gasteiger partial charge >= 0.3 is 5.51 Å². The number of hydrogen-bond acceptors (Lipinski definition) is 3. The molecule has 0 radical (unpaired) electrons. The summed E-state index contributed by atoms with van der Waals surface area (Å²) >= 11 is -3.65. The monoisotopic (exact) mass is 412 g/mol. The molecule has 2 aromatic rings. The van der Waals surface area contributed by atoms with E-state index < -0.39 is 30.8 Å². The van der Waals surface area contributed by atoms with E-state index in [1.54, 1.807) is 12.1 Å². The van der Waals surface area contributed by atoms with Gasteiger partial charge in [-0.25, -0.2) is 0 Å². The Kier molecular flexibility index (Phi) is 6.07. The second kappa shape index (κ2) is 7.48. The fraction of sp³-hybridized carbons (Fsp3) is 0.467. The number of alkyl halides is 3. The molecule has 128 valence electrons. The van der Waals surface area contributed by atoms with Crippen LogP contribution in [0.3, 0.4) is 0 Å². The molecule has 1 unspecified atom stereocenters. The second-order valence-electron chi connectivity index (χ2n) is 5.38. The van der Waals surface area contributed by atoms with E-state index in [1.807, 2.05) is 19.1 Å². The molecule has 1 aliphatic rings. The van der Waals surface area contributed by atoms with Crippen LogP contribution in [0, 0.1) is 14.8 Å². The van der Waals surface area contributed by atoms with Crippen LogP contribution in [0.4, 0.5) is 13.2 Å². The average molecular weight is 413 g/mol. The molecule has 1 aromatic carbocycles. The van der Waals surface area contributed by atoms with Crippen molar-refractivity contribution in [2.45, 2.75) is 44.0 Å². The van der Waals surface area contributed by atoms with E-state index in [0.29, 0.717) is 9.58 Å². The minimum atomic E-state index is -4.13. The van der Waals surface area contributed by atoms with E-state index in [0.717, 1.165) is 36.6 Å². The lowest BCUT2D eigenvalue weighted by Gasteiger charge is -2.00. The third-order valence-electron chi connectivity index (χ3n) is 3.58. The van der Waals surface area contributed by atoms with Crippen LogP contribution in [-0.2, 0) is 11.9 Å². The maximum Gasteiger partial charge on any atom is 0.600 e. The molecule has 1 saturated carbocycles. The lowest BCUT2D eigenvalue weighted by atomic mass is 10.1. The van der Waals surface area contributed by atoms with Gasteiger partial charge in [0.25, 0.3) is 0 Å². The SMILES string of the molecule is CCCc1ccc2cc(C3CC3)[s+](C(F)(F)F)c2c1.[O-][Br+2]([O-])[O-]. The number of hydrogen-bond donors (Lipinski definition) is 0. The first kappa shape index (κ1) is 18.7. The smallest absolute Gasteiger partial charge is 0.405 e. The lowest BCUT2D eigenvalue weighted by Crippen LogP contribution is -2.42. The minimum Gasteiger partial charge on any atom is -0.405 e. The van der Waals surface area contributed by atoms with Crippen LogP contribution >= 0.6 is 10.5 Å². The summed E-state index contributed by atoms with van der Waals surface area (Å²) in [6.45, 7) is 2.05. The summed E-state index contributed by atoms with van der Waals surface area (Å²) in [5, 5.41) is 0.780. The van der Waals surface area contributed by atoms with Gasteiger partial charge in [-0.2, -0.15) is 0 Å². The summed E-state index contributed by atoms with van der Waals surface area (Å²) < 4.78 is 66.2. The number of halogens is 4. The third kappa shape index (κ3) is 4.90. The molecule has 3 nitrogen and oxygen atoms in total. The molecular weight excluding hydrogens is 397 g/mol. The van der Waals surface area contributed by atoms with Crippen LogP contribution in [0.15, 0.2) is 24.3 Å². The Morgan fingerprint density at radius 1 is 1.17 bits per heavy atom. The highest BCUT2D eigenvalue weighted by molar-refractivity contribution is 7.38. The summed E-state index contributed by atoms with van der Waals surface area (Å²) in [6.07, 6.45) is 3.64. The Morgan fingerprint density at radius 3 is 2.26 bits per heavy atom. The summed E-state index contributed by atoms with van der Waals surface area (Å²) in [5.41, 5.74) is -3.11. The van der Waals surface area contributed by atoms with E-state index in [4.69, 9.17) is 12.6 Å². The highest BCUT2D eigenvalue weighted by Crippen LogP contribution is 2.57. The molecule has 1 heterocycles. The van der Waals surface area contributed by atoms with E-state index >= 15 is 0 Å². The zero-order valence-electron chi connectivity index (χ0n) is 12.4. The Labute approximate surface area is 140 Å². The van der Waals surface area contributed by atoms with E-state index in [2.05, 4.69) is 0 Å². The highest BCUT2D eigenvalue weighted by atomic mass is 80.0. The van der Waals surface area contributed by atoms with Crippen molar-refractivity contribution >= 4 is 20.6 Å². The summed E-state index contributed by atoms with van der Waals surface area (Å²) in [4.78, 5) is 0.621. The van der Waals surface area contributed by atoms with E-state index in [9.17, 15) is 13.2 Å². The van der Waals surface area contributed by atoms with E-state index in [-0.39, 0.29) is 5.92 Å². The van der Waals surface area contributed by atoms with Crippen LogP contribution in [0.2, 0.25) is 0 Å². The van der Waals surface area contributed by atoms with Gasteiger partial charge in [-0.3, -0.25) is 0 Å². The molecule has 0 aliphatic heterocycles. The topological polar surface area (TPSA) is 69.2 Å². The predicted molar refractivity (Wildman–Crippen MR) is 73.7 cm³/mol. The van der Waals surface area contributed by atoms with Crippen molar-refractivity contribution in [2.24, 2.45) is 0 Å². The fourth-order valence-corrected chi connectivity index (χ4v) is 4.79. The van der Waals surface area contributed by atoms with Gasteiger partial charge in [-0.15, -0.1) is 13.2 Å². The van der Waals surface area contributed by atoms with Gasteiger partial charge < -0.3 is 12.6 Å². The Bertz CT molecular complexity index is 663. The standard InChI is InChI=1S/C15H16F3S.BrO3/c1-2-3-10-4-5-12-9-14(11-6-7-11)19(13(12)8-10)15(16,17)18;2-1(3)4/h4-5,8-9,11H,2-3,6-7H2,1H3;/q+1;-1. The van der Waals surface area contributed by atoms with Gasteiger partial charge in [-0.05, 0) is 30.9 Å². The van der Waals surface area contributed by atoms with Crippen LogP contribution in [0.1, 0.15) is 42.5 Å². The highest BCUT2D eigenvalue weighted by Gasteiger charge is 2.51. The maximum absolute atomic E-state index is 13.4. The van der Waals surface area contributed by atoms with Crippen molar-refractivity contribution in [2.75, 3.05) is 0 Å². The largest absolute Gasteiger partial charge is 0.600 e. The number of thiophene rings is 1. The van der Waals surface area contributed by atoms with Gasteiger partial charge in [0, 0.05) is 23.4 Å². The average Bonchev–Trinajstić information content (AvgIpc) is 3.17. The summed E-state index contributed by atoms with van der Waals surface area (Å²) in [7, 11) is -1.68. The lowest BCUT2D eigenvalue weighted by molar-refractivity contribution is -1.73. The van der Waals surface area contributed by atoms with Crippen molar-refractivity contribution in [3.05, 3.63) is 34.7 Å². The molecule has 0 spiro atoms. The van der Waals surface area contributed by atoms with Gasteiger partial charge in [0.05, 0.1) is 10.5 Å². The zero-order chi connectivity index (χ0) is 17.2. The first-order valence-corrected chi connectivity index (χ1v) is 10.3. The van der Waals surface area contributed by atoms with Gasteiger partial charge in [0.2, 0.25) is 14.8 Å². The number of rotatable bonds is 3. The van der Waals surface area contributed by atoms with Crippen molar-refractivity contribution in [1.82, 2.24) is 0 Å². The van der Waals surface area contributed by atoms with Gasteiger partial charge in [0.15, 0.2) is 9.58 Å². The number of aryl methyl sites for hydroxylation is 1. The molecule has 0 bridgehead atoms. The van der Waals surface area contributed by atoms with Crippen molar-refractivity contribution in [3.63, 3.8) is 0 Å².